The molecular weight excluding hydrogens is 246 g/mol. The number of benzene rings is 1. The van der Waals surface area contributed by atoms with Crippen molar-refractivity contribution >= 4 is 0 Å². The smallest absolute Gasteiger partial charge is 0.0394 e. The van der Waals surface area contributed by atoms with Crippen molar-refractivity contribution in [2.24, 2.45) is 5.84 Å². The summed E-state index contributed by atoms with van der Waals surface area (Å²) >= 11 is 0. The molecule has 1 fully saturated rings. The summed E-state index contributed by atoms with van der Waals surface area (Å²) in [7, 11) is 4.40. The molecule has 20 heavy (non-hydrogen) atoms. The van der Waals surface area contributed by atoms with Crippen LogP contribution in [0.2, 0.25) is 0 Å². The van der Waals surface area contributed by atoms with E-state index < -0.39 is 0 Å². The number of nitrogens with zero attached hydrogens (tertiary/aromatic N) is 1. The van der Waals surface area contributed by atoms with Crippen LogP contribution < -0.4 is 11.3 Å². The van der Waals surface area contributed by atoms with E-state index >= 15 is 0 Å². The fraction of sp³-hybridized carbons (Fsp3) is 0.647. The molecule has 0 saturated heterocycles. The van der Waals surface area contributed by atoms with Gasteiger partial charge in [-0.3, -0.25) is 11.3 Å². The molecule has 3 nitrogen and oxygen atoms in total. The lowest BCUT2D eigenvalue weighted by Gasteiger charge is -2.43. The Morgan fingerprint density at radius 1 is 1.20 bits per heavy atom. The summed E-state index contributed by atoms with van der Waals surface area (Å²) in [6.07, 6.45) is 8.66. The van der Waals surface area contributed by atoms with Crippen LogP contribution in [-0.4, -0.2) is 30.6 Å². The van der Waals surface area contributed by atoms with Crippen LogP contribution in [0.3, 0.4) is 0 Å². The zero-order chi connectivity index (χ0) is 14.4. The first-order chi connectivity index (χ1) is 9.69. The Bertz CT molecular complexity index is 382. The maximum absolute atomic E-state index is 5.88. The van der Waals surface area contributed by atoms with E-state index in [-0.39, 0.29) is 5.54 Å². The Kier molecular flexibility index (Phi) is 5.58. The van der Waals surface area contributed by atoms with Crippen molar-refractivity contribution in [3.05, 3.63) is 35.9 Å². The van der Waals surface area contributed by atoms with Gasteiger partial charge in [0.1, 0.15) is 0 Å². The van der Waals surface area contributed by atoms with Gasteiger partial charge in [0.15, 0.2) is 0 Å². The minimum absolute atomic E-state index is 0.255. The van der Waals surface area contributed by atoms with Gasteiger partial charge in [-0.2, -0.15) is 0 Å². The van der Waals surface area contributed by atoms with E-state index in [2.05, 4.69) is 54.8 Å². The minimum Gasteiger partial charge on any atom is -0.302 e. The number of nitrogens with one attached hydrogen (secondary N) is 1. The van der Waals surface area contributed by atoms with Crippen molar-refractivity contribution in [1.82, 2.24) is 10.3 Å². The van der Waals surface area contributed by atoms with Crippen LogP contribution >= 0.6 is 0 Å². The second-order valence-electron chi connectivity index (χ2n) is 6.30. The number of hydrogen-bond acceptors (Lipinski definition) is 3. The number of rotatable bonds is 7. The van der Waals surface area contributed by atoms with Gasteiger partial charge in [-0.1, -0.05) is 43.2 Å². The molecule has 112 valence electrons. The van der Waals surface area contributed by atoms with E-state index in [0.29, 0.717) is 6.04 Å². The molecule has 3 heteroatoms. The van der Waals surface area contributed by atoms with Crippen LogP contribution in [0.1, 0.15) is 44.1 Å². The Balaban J connectivity index is 1.91. The Morgan fingerprint density at radius 3 is 2.40 bits per heavy atom. The Hall–Kier alpha value is -0.900. The molecule has 0 radical (unpaired) electrons. The molecule has 1 aromatic carbocycles. The van der Waals surface area contributed by atoms with Crippen molar-refractivity contribution in [2.75, 3.05) is 14.1 Å². The van der Waals surface area contributed by atoms with E-state index in [9.17, 15) is 0 Å². The van der Waals surface area contributed by atoms with Crippen LogP contribution in [-0.2, 0) is 6.42 Å². The summed E-state index contributed by atoms with van der Waals surface area (Å²) in [6, 6.07) is 11.1. The van der Waals surface area contributed by atoms with Gasteiger partial charge in [0.2, 0.25) is 0 Å². The third-order valence-electron chi connectivity index (χ3n) is 5.01. The lowest BCUT2D eigenvalue weighted by molar-refractivity contribution is 0.0989. The molecule has 0 aromatic heterocycles. The van der Waals surface area contributed by atoms with Gasteiger partial charge in [0, 0.05) is 11.6 Å². The molecule has 0 aliphatic heterocycles. The van der Waals surface area contributed by atoms with E-state index in [1.807, 2.05) is 0 Å². The van der Waals surface area contributed by atoms with Gasteiger partial charge >= 0.3 is 0 Å². The Labute approximate surface area is 123 Å². The summed E-state index contributed by atoms with van der Waals surface area (Å²) in [4.78, 5) is 2.40. The van der Waals surface area contributed by atoms with Gasteiger partial charge in [-0.25, -0.2) is 0 Å². The van der Waals surface area contributed by atoms with Crippen LogP contribution in [0.4, 0.5) is 0 Å². The molecule has 0 spiro atoms. The zero-order valence-electron chi connectivity index (χ0n) is 12.9. The van der Waals surface area contributed by atoms with E-state index in [0.717, 1.165) is 12.8 Å². The highest BCUT2D eigenvalue weighted by atomic mass is 15.3. The fourth-order valence-electron chi connectivity index (χ4n) is 3.76. The first kappa shape index (κ1) is 15.5. The summed E-state index contributed by atoms with van der Waals surface area (Å²) in [5.41, 5.74) is 4.79. The standard InChI is InChI=1S/C17H29N3/c1-20(2)17(13-6-7-14-17)16(19-18)12-8-11-15-9-4-3-5-10-15/h3-5,9-10,16,19H,6-8,11-14,18H2,1-2H3. The van der Waals surface area contributed by atoms with Crippen molar-refractivity contribution in [3.8, 4) is 0 Å². The van der Waals surface area contributed by atoms with Crippen LogP contribution in [0.25, 0.3) is 0 Å². The lowest BCUT2D eigenvalue weighted by atomic mass is 9.84. The second kappa shape index (κ2) is 7.21. The number of hydrazine groups is 1. The third-order valence-corrected chi connectivity index (χ3v) is 5.01. The maximum Gasteiger partial charge on any atom is 0.0394 e. The average molecular weight is 275 g/mol. The van der Waals surface area contributed by atoms with Gasteiger partial charge in [0.05, 0.1) is 0 Å². The molecule has 2 rings (SSSR count). The molecule has 1 aliphatic carbocycles. The highest BCUT2D eigenvalue weighted by Gasteiger charge is 2.42. The molecule has 1 saturated carbocycles. The molecule has 1 aromatic rings. The second-order valence-corrected chi connectivity index (χ2v) is 6.30. The number of nitrogens with two attached hydrogens (primary N) is 1. The number of likely N-dealkylation sites (N-methyl/N-ethyl adjacent to an activating group) is 1. The molecule has 1 unspecified atom stereocenters. The highest BCUT2D eigenvalue weighted by Crippen LogP contribution is 2.38. The number of hydrogen-bond donors (Lipinski definition) is 2. The van der Waals surface area contributed by atoms with Crippen molar-refractivity contribution in [1.29, 1.82) is 0 Å². The van der Waals surface area contributed by atoms with E-state index in [1.165, 1.54) is 37.7 Å². The summed E-state index contributed by atoms with van der Waals surface area (Å²) in [5, 5.41) is 0. The fourth-order valence-corrected chi connectivity index (χ4v) is 3.76. The van der Waals surface area contributed by atoms with Crippen LogP contribution in [0.15, 0.2) is 30.3 Å². The lowest BCUT2D eigenvalue weighted by Crippen LogP contribution is -2.59. The van der Waals surface area contributed by atoms with Crippen molar-refractivity contribution in [2.45, 2.75) is 56.5 Å². The molecular formula is C17H29N3. The summed E-state index contributed by atoms with van der Waals surface area (Å²) in [6.45, 7) is 0. The molecule has 3 N–H and O–H groups in total. The van der Waals surface area contributed by atoms with E-state index in [4.69, 9.17) is 5.84 Å². The first-order valence-corrected chi connectivity index (χ1v) is 7.86. The first-order valence-electron chi connectivity index (χ1n) is 7.86. The normalized spacial score (nSPS) is 19.4. The number of aryl methyl sites for hydroxylation is 1. The van der Waals surface area contributed by atoms with Crippen LogP contribution in [0, 0.1) is 0 Å². The SMILES string of the molecule is CN(C)C1(C(CCCc2ccccc2)NN)CCCC1. The largest absolute Gasteiger partial charge is 0.302 e. The molecule has 1 aliphatic rings. The van der Waals surface area contributed by atoms with Crippen molar-refractivity contribution < 1.29 is 0 Å². The predicted molar refractivity (Wildman–Crippen MR) is 85.4 cm³/mol. The minimum atomic E-state index is 0.255. The third kappa shape index (κ3) is 3.40. The predicted octanol–water partition coefficient (Wildman–Crippen LogP) is 2.72. The average Bonchev–Trinajstić information content (AvgIpc) is 2.95. The van der Waals surface area contributed by atoms with E-state index in [1.54, 1.807) is 0 Å². The summed E-state index contributed by atoms with van der Waals surface area (Å²) < 4.78 is 0. The van der Waals surface area contributed by atoms with Gasteiger partial charge < -0.3 is 4.90 Å². The monoisotopic (exact) mass is 275 g/mol. The topological polar surface area (TPSA) is 41.3 Å². The quantitative estimate of drug-likeness (QED) is 0.594. The zero-order valence-corrected chi connectivity index (χ0v) is 12.9. The molecule has 0 amide bonds. The summed E-state index contributed by atoms with van der Waals surface area (Å²) in [5.74, 6) is 5.88. The van der Waals surface area contributed by atoms with Crippen LogP contribution in [0.5, 0.6) is 0 Å². The van der Waals surface area contributed by atoms with Gasteiger partial charge in [-0.05, 0) is 51.8 Å². The highest BCUT2D eigenvalue weighted by molar-refractivity contribution is 5.14. The van der Waals surface area contributed by atoms with Crippen molar-refractivity contribution in [3.63, 3.8) is 0 Å². The van der Waals surface area contributed by atoms with Gasteiger partial charge in [0.25, 0.3) is 0 Å². The molecule has 0 bridgehead atoms. The maximum atomic E-state index is 5.88. The molecule has 0 heterocycles. The Morgan fingerprint density at radius 2 is 1.85 bits per heavy atom. The van der Waals surface area contributed by atoms with Gasteiger partial charge in [-0.15, -0.1) is 0 Å². The molecule has 1 atom stereocenters.